The summed E-state index contributed by atoms with van der Waals surface area (Å²) in [6.07, 6.45) is 3.70. The van der Waals surface area contributed by atoms with Gasteiger partial charge in [0.2, 0.25) is 0 Å². The van der Waals surface area contributed by atoms with Crippen molar-refractivity contribution in [2.24, 2.45) is 0 Å². The van der Waals surface area contributed by atoms with Crippen LogP contribution in [0.2, 0.25) is 0 Å². The first-order chi connectivity index (χ1) is 13.9. The van der Waals surface area contributed by atoms with Crippen LogP contribution in [0.25, 0.3) is 0 Å². The number of carbonyl (C=O) groups is 1. The van der Waals surface area contributed by atoms with Crippen molar-refractivity contribution in [3.05, 3.63) is 54.6 Å². The van der Waals surface area contributed by atoms with Gasteiger partial charge in [-0.2, -0.15) is 0 Å². The van der Waals surface area contributed by atoms with Gasteiger partial charge in [0.1, 0.15) is 22.8 Å². The maximum absolute atomic E-state index is 12.5. The maximum Gasteiger partial charge on any atom is 0.410 e. The molecule has 1 aliphatic heterocycles. The molecule has 1 atom stereocenters. The Morgan fingerprint density at radius 1 is 1.00 bits per heavy atom. The van der Waals surface area contributed by atoms with Crippen molar-refractivity contribution in [1.82, 2.24) is 4.90 Å². The molecule has 0 aliphatic carbocycles. The quantitative estimate of drug-likeness (QED) is 0.596. The van der Waals surface area contributed by atoms with Crippen LogP contribution >= 0.6 is 0 Å². The lowest BCUT2D eigenvalue weighted by molar-refractivity contribution is 0.00744. The number of para-hydroxylation sites is 1. The molecule has 1 saturated heterocycles. The second-order valence-electron chi connectivity index (χ2n) is 8.35. The Morgan fingerprint density at radius 3 is 2.48 bits per heavy atom. The van der Waals surface area contributed by atoms with Crippen LogP contribution in [-0.4, -0.2) is 35.8 Å². The van der Waals surface area contributed by atoms with E-state index in [9.17, 15) is 4.79 Å². The van der Waals surface area contributed by atoms with E-state index in [1.807, 2.05) is 80.3 Å². The molecule has 0 spiro atoms. The van der Waals surface area contributed by atoms with Crippen LogP contribution in [0.4, 0.5) is 4.79 Å². The SMILES string of the molecule is CC(C)(C)OC(=O)N1CCCC[C@H]1CCOc1cccc(Oc2ccccc2)c1. The van der Waals surface area contributed by atoms with E-state index in [1.165, 1.54) is 0 Å². The summed E-state index contributed by atoms with van der Waals surface area (Å²) in [5.41, 5.74) is -0.477. The second-order valence-corrected chi connectivity index (χ2v) is 8.35. The van der Waals surface area contributed by atoms with Crippen LogP contribution in [0.5, 0.6) is 17.2 Å². The lowest BCUT2D eigenvalue weighted by atomic mass is 10.0. The molecule has 3 rings (SSSR count). The average Bonchev–Trinajstić information content (AvgIpc) is 2.68. The van der Waals surface area contributed by atoms with Gasteiger partial charge in [0.05, 0.1) is 6.61 Å². The molecule has 29 heavy (non-hydrogen) atoms. The van der Waals surface area contributed by atoms with Gasteiger partial charge in [-0.15, -0.1) is 0 Å². The minimum absolute atomic E-state index is 0.155. The predicted molar refractivity (Wildman–Crippen MR) is 114 cm³/mol. The molecule has 0 aromatic heterocycles. The normalized spacial score (nSPS) is 16.9. The monoisotopic (exact) mass is 397 g/mol. The highest BCUT2D eigenvalue weighted by atomic mass is 16.6. The zero-order chi connectivity index (χ0) is 20.7. The number of piperidine rings is 1. The maximum atomic E-state index is 12.5. The molecule has 1 fully saturated rings. The standard InChI is InChI=1S/C24H31NO4/c1-24(2,3)29-23(26)25-16-8-7-10-19(25)15-17-27-21-13-9-14-22(18-21)28-20-11-5-4-6-12-20/h4-6,9,11-14,18-19H,7-8,10,15-17H2,1-3H3/t19-/m0/s1. The molecule has 0 N–H and O–H groups in total. The number of hydrogen-bond donors (Lipinski definition) is 0. The van der Waals surface area contributed by atoms with Gasteiger partial charge < -0.3 is 19.1 Å². The van der Waals surface area contributed by atoms with Crippen LogP contribution < -0.4 is 9.47 Å². The molecule has 1 heterocycles. The van der Waals surface area contributed by atoms with Gasteiger partial charge >= 0.3 is 6.09 Å². The molecule has 156 valence electrons. The van der Waals surface area contributed by atoms with Crippen LogP contribution in [-0.2, 0) is 4.74 Å². The fourth-order valence-electron chi connectivity index (χ4n) is 3.43. The van der Waals surface area contributed by atoms with Gasteiger partial charge in [0, 0.05) is 25.1 Å². The van der Waals surface area contributed by atoms with E-state index in [4.69, 9.17) is 14.2 Å². The topological polar surface area (TPSA) is 48.0 Å². The Morgan fingerprint density at radius 2 is 1.72 bits per heavy atom. The number of rotatable bonds is 6. The zero-order valence-electron chi connectivity index (χ0n) is 17.6. The highest BCUT2D eigenvalue weighted by Crippen LogP contribution is 2.26. The fourth-order valence-corrected chi connectivity index (χ4v) is 3.43. The molecule has 0 saturated carbocycles. The average molecular weight is 398 g/mol. The largest absolute Gasteiger partial charge is 0.493 e. The Labute approximate surface area is 173 Å². The Bertz CT molecular complexity index is 785. The molecule has 5 nitrogen and oxygen atoms in total. The third kappa shape index (κ3) is 6.70. The Hall–Kier alpha value is -2.69. The molecule has 5 heteroatoms. The van der Waals surface area contributed by atoms with Crippen LogP contribution in [0.15, 0.2) is 54.6 Å². The second kappa shape index (κ2) is 9.68. The first-order valence-corrected chi connectivity index (χ1v) is 10.4. The van der Waals surface area contributed by atoms with Gasteiger partial charge in [0.25, 0.3) is 0 Å². The third-order valence-corrected chi connectivity index (χ3v) is 4.76. The van der Waals surface area contributed by atoms with E-state index in [0.29, 0.717) is 6.61 Å². The van der Waals surface area contributed by atoms with E-state index in [2.05, 4.69) is 0 Å². The number of amides is 1. The summed E-state index contributed by atoms with van der Waals surface area (Å²) >= 11 is 0. The highest BCUT2D eigenvalue weighted by molar-refractivity contribution is 5.68. The molecule has 2 aromatic rings. The molecular formula is C24H31NO4. The zero-order valence-corrected chi connectivity index (χ0v) is 17.6. The molecule has 1 aliphatic rings. The van der Waals surface area contributed by atoms with Gasteiger partial charge in [-0.05, 0) is 64.3 Å². The molecule has 1 amide bonds. The number of carbonyl (C=O) groups excluding carboxylic acids is 1. The van der Waals surface area contributed by atoms with Crippen molar-refractivity contribution in [2.75, 3.05) is 13.2 Å². The van der Waals surface area contributed by atoms with Gasteiger partial charge in [-0.3, -0.25) is 0 Å². The summed E-state index contributed by atoms with van der Waals surface area (Å²) < 4.78 is 17.4. The number of nitrogens with zero attached hydrogens (tertiary/aromatic N) is 1. The van der Waals surface area contributed by atoms with Gasteiger partial charge in [-0.25, -0.2) is 4.79 Å². The lowest BCUT2D eigenvalue weighted by Gasteiger charge is -2.36. The summed E-state index contributed by atoms with van der Waals surface area (Å²) in [5.74, 6) is 2.29. The molecule has 0 radical (unpaired) electrons. The minimum atomic E-state index is -0.477. The molecule has 2 aromatic carbocycles. The minimum Gasteiger partial charge on any atom is -0.493 e. The van der Waals surface area contributed by atoms with E-state index in [-0.39, 0.29) is 12.1 Å². The van der Waals surface area contributed by atoms with Crippen molar-refractivity contribution in [3.8, 4) is 17.2 Å². The Balaban J connectivity index is 1.53. The predicted octanol–water partition coefficient (Wildman–Crippen LogP) is 6.04. The fraction of sp³-hybridized carbons (Fsp3) is 0.458. The van der Waals surface area contributed by atoms with Crippen molar-refractivity contribution in [3.63, 3.8) is 0 Å². The van der Waals surface area contributed by atoms with Crippen molar-refractivity contribution >= 4 is 6.09 Å². The number of hydrogen-bond acceptors (Lipinski definition) is 4. The number of benzene rings is 2. The lowest BCUT2D eigenvalue weighted by Crippen LogP contribution is -2.46. The van der Waals surface area contributed by atoms with Crippen LogP contribution in [0, 0.1) is 0 Å². The summed E-state index contributed by atoms with van der Waals surface area (Å²) in [7, 11) is 0. The summed E-state index contributed by atoms with van der Waals surface area (Å²) in [6.45, 7) is 6.99. The summed E-state index contributed by atoms with van der Waals surface area (Å²) in [6, 6.07) is 17.5. The number of likely N-dealkylation sites (tertiary alicyclic amines) is 1. The van der Waals surface area contributed by atoms with Crippen molar-refractivity contribution in [1.29, 1.82) is 0 Å². The van der Waals surface area contributed by atoms with Crippen molar-refractivity contribution < 1.29 is 19.0 Å². The molecule has 0 bridgehead atoms. The summed E-state index contributed by atoms with van der Waals surface area (Å²) in [5, 5.41) is 0. The van der Waals surface area contributed by atoms with E-state index in [0.717, 1.165) is 49.5 Å². The van der Waals surface area contributed by atoms with Crippen LogP contribution in [0.3, 0.4) is 0 Å². The highest BCUT2D eigenvalue weighted by Gasteiger charge is 2.30. The van der Waals surface area contributed by atoms with E-state index in [1.54, 1.807) is 0 Å². The first-order valence-electron chi connectivity index (χ1n) is 10.4. The smallest absolute Gasteiger partial charge is 0.410 e. The van der Waals surface area contributed by atoms with E-state index < -0.39 is 5.60 Å². The van der Waals surface area contributed by atoms with Gasteiger partial charge in [0.15, 0.2) is 0 Å². The summed E-state index contributed by atoms with van der Waals surface area (Å²) in [4.78, 5) is 14.4. The van der Waals surface area contributed by atoms with Gasteiger partial charge in [-0.1, -0.05) is 24.3 Å². The van der Waals surface area contributed by atoms with Crippen LogP contribution in [0.1, 0.15) is 46.5 Å². The number of ether oxygens (including phenoxy) is 3. The van der Waals surface area contributed by atoms with Crippen molar-refractivity contribution in [2.45, 2.75) is 58.1 Å². The Kier molecular flexibility index (Phi) is 7.02. The molecular weight excluding hydrogens is 366 g/mol. The molecule has 0 unspecified atom stereocenters. The third-order valence-electron chi connectivity index (χ3n) is 4.76. The first kappa shape index (κ1) is 21.0. The van der Waals surface area contributed by atoms with E-state index >= 15 is 0 Å².